The van der Waals surface area contributed by atoms with Crippen LogP contribution in [0.3, 0.4) is 0 Å². The van der Waals surface area contributed by atoms with Crippen molar-refractivity contribution >= 4 is 11.6 Å². The van der Waals surface area contributed by atoms with Crippen molar-refractivity contribution in [3.8, 4) is 0 Å². The molecule has 1 rings (SSSR count). The molecule has 0 aliphatic rings. The molecule has 0 saturated carbocycles. The zero-order chi connectivity index (χ0) is 9.52. The number of halogens is 1. The molecule has 0 N–H and O–H groups in total. The van der Waals surface area contributed by atoms with Gasteiger partial charge in [0.2, 0.25) is 10.9 Å². The number of hydrogen-bond acceptors (Lipinski definition) is 2. The summed E-state index contributed by atoms with van der Waals surface area (Å²) in [5, 5.41) is 0.0601. The van der Waals surface area contributed by atoms with Crippen LogP contribution in [0.4, 0.5) is 0 Å². The summed E-state index contributed by atoms with van der Waals surface area (Å²) in [5.41, 5.74) is -1.18. The average Bonchev–Trinajstić information content (AvgIpc) is 2.04. The molecule has 64 valence electrons. The van der Waals surface area contributed by atoms with Crippen LogP contribution in [0.5, 0.6) is 0 Å². The van der Waals surface area contributed by atoms with Crippen LogP contribution >= 0.6 is 11.6 Å². The molecule has 0 radical (unpaired) electrons. The van der Waals surface area contributed by atoms with Crippen molar-refractivity contribution < 1.29 is 0 Å². The summed E-state index contributed by atoms with van der Waals surface area (Å²) in [4.78, 5) is 21.8. The van der Waals surface area contributed by atoms with E-state index in [4.69, 9.17) is 11.6 Å². The van der Waals surface area contributed by atoms with Gasteiger partial charge >= 0.3 is 0 Å². The first kappa shape index (κ1) is 9.20. The van der Waals surface area contributed by atoms with Crippen LogP contribution in [0.15, 0.2) is 22.2 Å². The Kier molecular flexibility index (Phi) is 1.96. The van der Waals surface area contributed by atoms with Gasteiger partial charge in [-0.3, -0.25) is 9.59 Å². The summed E-state index contributed by atoms with van der Waals surface area (Å²) in [6.45, 7) is 7.16. The molecular weight excluding hydrogens is 176 g/mol. The summed E-state index contributed by atoms with van der Waals surface area (Å²) in [5.74, 6) is 0. The van der Waals surface area contributed by atoms with Gasteiger partial charge < -0.3 is 0 Å². The van der Waals surface area contributed by atoms with Gasteiger partial charge in [0.15, 0.2) is 0 Å². The van der Waals surface area contributed by atoms with E-state index in [1.165, 1.54) is 0 Å². The molecule has 0 aliphatic heterocycles. The normalized spacial score (nSPS) is 11.9. The zero-order valence-corrected chi connectivity index (χ0v) is 7.73. The van der Waals surface area contributed by atoms with Gasteiger partial charge in [-0.2, -0.15) is 0 Å². The first-order chi connectivity index (χ1) is 5.41. The lowest BCUT2D eigenvalue weighted by Crippen LogP contribution is -2.41. The first-order valence-electron chi connectivity index (χ1n) is 3.54. The van der Waals surface area contributed by atoms with Gasteiger partial charge in [0.25, 0.3) is 0 Å². The Balaban J connectivity index is 3.33. The van der Waals surface area contributed by atoms with E-state index in [-0.39, 0.29) is 5.02 Å². The molecule has 2 nitrogen and oxygen atoms in total. The zero-order valence-electron chi connectivity index (χ0n) is 6.98. The summed E-state index contributed by atoms with van der Waals surface area (Å²) in [7, 11) is 0. The Morgan fingerprint density at radius 3 is 2.17 bits per heavy atom. The Labute approximate surface area is 75.2 Å². The lowest BCUT2D eigenvalue weighted by atomic mass is 9.82. The molecule has 0 saturated heterocycles. The third kappa shape index (κ3) is 1.03. The van der Waals surface area contributed by atoms with Gasteiger partial charge in [0.05, 0.1) is 0 Å². The Morgan fingerprint density at radius 2 is 1.83 bits per heavy atom. The van der Waals surface area contributed by atoms with Crippen molar-refractivity contribution in [1.82, 2.24) is 0 Å². The topological polar surface area (TPSA) is 34.1 Å². The largest absolute Gasteiger partial charge is 0.285 e. The van der Waals surface area contributed by atoms with Gasteiger partial charge in [-0.15, -0.1) is 6.58 Å². The van der Waals surface area contributed by atoms with Gasteiger partial charge in [-0.1, -0.05) is 31.5 Å². The predicted octanol–water partition coefficient (Wildman–Crippen LogP) is 1.40. The quantitative estimate of drug-likeness (QED) is 0.514. The van der Waals surface area contributed by atoms with E-state index in [2.05, 4.69) is 6.58 Å². The van der Waals surface area contributed by atoms with Crippen molar-refractivity contribution in [1.29, 1.82) is 0 Å². The minimum absolute atomic E-state index is 0.0601. The highest BCUT2D eigenvalue weighted by Crippen LogP contribution is 2.26. The summed E-state index contributed by atoms with van der Waals surface area (Å²) in [6, 6.07) is 0. The lowest BCUT2D eigenvalue weighted by Gasteiger charge is -2.21. The van der Waals surface area contributed by atoms with Crippen LogP contribution in [-0.4, -0.2) is 0 Å². The molecule has 0 aromatic heterocycles. The molecule has 0 amide bonds. The van der Waals surface area contributed by atoms with Crippen molar-refractivity contribution in [2.45, 2.75) is 19.3 Å². The monoisotopic (exact) mass is 184 g/mol. The maximum Gasteiger partial charge on any atom is 0.245 e. The maximum atomic E-state index is 11.0. The second-order valence-electron chi connectivity index (χ2n) is 3.27. The Morgan fingerprint density at radius 1 is 1.33 bits per heavy atom. The van der Waals surface area contributed by atoms with Gasteiger partial charge in [-0.25, -0.2) is 0 Å². The van der Waals surface area contributed by atoms with Crippen LogP contribution in [0, 0.1) is 0 Å². The second-order valence-corrected chi connectivity index (χ2v) is 3.65. The fourth-order valence-electron chi connectivity index (χ4n) is 1.04. The fraction of sp³-hybridized carbons (Fsp3) is 0.333. The minimum Gasteiger partial charge on any atom is -0.285 e. The van der Waals surface area contributed by atoms with Crippen molar-refractivity contribution in [3.05, 3.63) is 43.7 Å². The van der Waals surface area contributed by atoms with E-state index in [1.54, 1.807) is 19.9 Å². The van der Waals surface area contributed by atoms with E-state index in [0.29, 0.717) is 5.56 Å². The molecule has 0 heterocycles. The Bertz CT molecular complexity index is 395. The second kappa shape index (κ2) is 2.56. The smallest absolute Gasteiger partial charge is 0.245 e. The highest BCUT2D eigenvalue weighted by atomic mass is 35.5. The minimum atomic E-state index is -0.582. The van der Waals surface area contributed by atoms with Crippen molar-refractivity contribution in [3.63, 3.8) is 0 Å². The fourth-order valence-corrected chi connectivity index (χ4v) is 1.46. The van der Waals surface area contributed by atoms with E-state index < -0.39 is 16.3 Å². The molecule has 0 bridgehead atoms. The molecule has 0 unspecified atom stereocenters. The molecule has 3 heteroatoms. The van der Waals surface area contributed by atoms with E-state index in [9.17, 15) is 9.59 Å². The lowest BCUT2D eigenvalue weighted by molar-refractivity contribution is 0.657. The van der Waals surface area contributed by atoms with E-state index >= 15 is 0 Å². The average molecular weight is 185 g/mol. The molecule has 1 aromatic rings. The molecule has 0 fully saturated rings. The van der Waals surface area contributed by atoms with Crippen molar-refractivity contribution in [2.75, 3.05) is 0 Å². The number of hydrogen-bond donors (Lipinski definition) is 0. The van der Waals surface area contributed by atoms with Crippen LogP contribution in [0.2, 0.25) is 5.02 Å². The highest BCUT2D eigenvalue weighted by molar-refractivity contribution is 6.32. The Hall–Kier alpha value is -0.890. The van der Waals surface area contributed by atoms with Gasteiger partial charge in [-0.05, 0) is 0 Å². The first-order valence-corrected chi connectivity index (χ1v) is 3.92. The molecule has 12 heavy (non-hydrogen) atoms. The third-order valence-electron chi connectivity index (χ3n) is 2.01. The number of rotatable bonds is 2. The molecule has 0 aliphatic carbocycles. The van der Waals surface area contributed by atoms with Crippen LogP contribution in [-0.2, 0) is 5.41 Å². The highest BCUT2D eigenvalue weighted by Gasteiger charge is 2.30. The summed E-state index contributed by atoms with van der Waals surface area (Å²) in [6.07, 6.45) is 1.61. The molecule has 0 atom stereocenters. The maximum absolute atomic E-state index is 11.0. The SMILES string of the molecule is C=CC(C)(C)c1c(Cl)c(=O)c1=O. The van der Waals surface area contributed by atoms with Gasteiger partial charge in [0, 0.05) is 11.0 Å². The number of allylic oxidation sites excluding steroid dienone is 1. The van der Waals surface area contributed by atoms with Crippen LogP contribution in [0.25, 0.3) is 0 Å². The van der Waals surface area contributed by atoms with Crippen LogP contribution < -0.4 is 10.9 Å². The summed E-state index contributed by atoms with van der Waals surface area (Å²) < 4.78 is 0. The summed E-state index contributed by atoms with van der Waals surface area (Å²) >= 11 is 5.59. The molecule has 1 aromatic carbocycles. The van der Waals surface area contributed by atoms with Crippen molar-refractivity contribution in [2.24, 2.45) is 0 Å². The van der Waals surface area contributed by atoms with E-state index in [0.717, 1.165) is 0 Å². The van der Waals surface area contributed by atoms with E-state index in [1.807, 2.05) is 0 Å². The standard InChI is InChI=1S/C9H9ClO2/c1-4-9(2,3)5-6(10)8(12)7(5)11/h4H,1H2,2-3H3. The third-order valence-corrected chi connectivity index (χ3v) is 2.37. The molecule has 0 spiro atoms. The van der Waals surface area contributed by atoms with Crippen LogP contribution in [0.1, 0.15) is 19.4 Å². The predicted molar refractivity (Wildman–Crippen MR) is 49.6 cm³/mol. The van der Waals surface area contributed by atoms with Gasteiger partial charge in [0.1, 0.15) is 5.02 Å². The molecular formula is C9H9ClO2.